The number of rotatable bonds is 7. The smallest absolute Gasteiger partial charge is 0.243 e. The van der Waals surface area contributed by atoms with Gasteiger partial charge in [0.25, 0.3) is 0 Å². The molecule has 0 aromatic heterocycles. The molecule has 0 aliphatic carbocycles. The molecule has 0 unspecified atom stereocenters. The van der Waals surface area contributed by atoms with Gasteiger partial charge in [0, 0.05) is 17.6 Å². The number of sulfonamides is 1. The quantitative estimate of drug-likeness (QED) is 0.748. The summed E-state index contributed by atoms with van der Waals surface area (Å²) in [6, 6.07) is 5.36. The van der Waals surface area contributed by atoms with E-state index >= 15 is 0 Å². The Bertz CT molecular complexity index is 544. The summed E-state index contributed by atoms with van der Waals surface area (Å²) in [7, 11) is 0.561. The Morgan fingerprint density at radius 1 is 1.20 bits per heavy atom. The first-order chi connectivity index (χ1) is 9.28. The fraction of sp³-hybridized carbons (Fsp3) is 0.571. The van der Waals surface area contributed by atoms with Crippen molar-refractivity contribution in [1.29, 1.82) is 0 Å². The summed E-state index contributed by atoms with van der Waals surface area (Å²) in [5.74, 6) is 0. The molecule has 1 rings (SSSR count). The monoisotopic (exact) mass is 362 g/mol. The van der Waals surface area contributed by atoms with Gasteiger partial charge in [-0.15, -0.1) is 0 Å². The van der Waals surface area contributed by atoms with E-state index in [1.165, 1.54) is 0 Å². The van der Waals surface area contributed by atoms with E-state index in [2.05, 4.69) is 20.8 Å². The maximum absolute atomic E-state index is 12.7. The minimum absolute atomic E-state index is 0.388. The highest BCUT2D eigenvalue weighted by Crippen LogP contribution is 2.23. The SMILES string of the molecule is CCN(CCCN(C)C)S(=O)(=O)c1cc(Br)ccc1C. The fourth-order valence-corrected chi connectivity index (χ4v) is 4.25. The van der Waals surface area contributed by atoms with E-state index in [0.29, 0.717) is 18.0 Å². The topological polar surface area (TPSA) is 40.6 Å². The first-order valence-corrected chi connectivity index (χ1v) is 8.93. The van der Waals surface area contributed by atoms with Gasteiger partial charge in [0.1, 0.15) is 0 Å². The van der Waals surface area contributed by atoms with E-state index in [9.17, 15) is 8.42 Å². The summed E-state index contributed by atoms with van der Waals surface area (Å²) in [6.45, 7) is 5.61. The number of aryl methyl sites for hydroxylation is 1. The molecule has 0 aliphatic rings. The fourth-order valence-electron chi connectivity index (χ4n) is 2.00. The third-order valence-corrected chi connectivity index (χ3v) is 5.74. The third kappa shape index (κ3) is 4.55. The Balaban J connectivity index is 2.97. The van der Waals surface area contributed by atoms with E-state index < -0.39 is 10.0 Å². The van der Waals surface area contributed by atoms with Crippen LogP contribution in [0.1, 0.15) is 18.9 Å². The summed E-state index contributed by atoms with van der Waals surface area (Å²) in [5.41, 5.74) is 0.777. The van der Waals surface area contributed by atoms with Crippen molar-refractivity contribution < 1.29 is 8.42 Å². The van der Waals surface area contributed by atoms with Crippen LogP contribution in [0.2, 0.25) is 0 Å². The van der Waals surface area contributed by atoms with E-state index in [-0.39, 0.29) is 0 Å². The second-order valence-corrected chi connectivity index (χ2v) is 7.89. The lowest BCUT2D eigenvalue weighted by atomic mass is 10.2. The van der Waals surface area contributed by atoms with Crippen molar-refractivity contribution in [2.24, 2.45) is 0 Å². The first-order valence-electron chi connectivity index (χ1n) is 6.70. The van der Waals surface area contributed by atoms with Crippen molar-refractivity contribution >= 4 is 26.0 Å². The van der Waals surface area contributed by atoms with Crippen LogP contribution in [0.3, 0.4) is 0 Å². The molecule has 114 valence electrons. The average molecular weight is 363 g/mol. The summed E-state index contributed by atoms with van der Waals surface area (Å²) < 4.78 is 27.7. The summed E-state index contributed by atoms with van der Waals surface area (Å²) >= 11 is 3.34. The van der Waals surface area contributed by atoms with Crippen LogP contribution in [0.5, 0.6) is 0 Å². The van der Waals surface area contributed by atoms with Crippen LogP contribution in [-0.4, -0.2) is 51.4 Å². The molecule has 0 bridgehead atoms. The van der Waals surface area contributed by atoms with Crippen LogP contribution in [-0.2, 0) is 10.0 Å². The maximum atomic E-state index is 12.7. The lowest BCUT2D eigenvalue weighted by Crippen LogP contribution is -2.33. The molecule has 0 saturated carbocycles. The zero-order chi connectivity index (χ0) is 15.3. The van der Waals surface area contributed by atoms with Crippen molar-refractivity contribution in [1.82, 2.24) is 9.21 Å². The average Bonchev–Trinajstić information content (AvgIpc) is 2.36. The lowest BCUT2D eigenvalue weighted by molar-refractivity contribution is 0.356. The Kier molecular flexibility index (Phi) is 6.64. The normalized spacial score (nSPS) is 12.3. The van der Waals surface area contributed by atoms with Crippen LogP contribution in [0.25, 0.3) is 0 Å². The standard InChI is InChI=1S/C14H23BrN2O2S/c1-5-17(10-6-9-16(3)4)20(18,19)14-11-13(15)8-7-12(14)2/h7-8,11H,5-6,9-10H2,1-4H3. The largest absolute Gasteiger partial charge is 0.309 e. The highest BCUT2D eigenvalue weighted by atomic mass is 79.9. The summed E-state index contributed by atoms with van der Waals surface area (Å²) in [6.07, 6.45) is 0.827. The van der Waals surface area contributed by atoms with Gasteiger partial charge in [-0.25, -0.2) is 8.42 Å². The highest BCUT2D eigenvalue weighted by Gasteiger charge is 2.24. The molecule has 4 nitrogen and oxygen atoms in total. The van der Waals surface area contributed by atoms with Crippen LogP contribution in [0, 0.1) is 6.92 Å². The molecule has 0 fully saturated rings. The van der Waals surface area contributed by atoms with E-state index in [4.69, 9.17) is 0 Å². The molecule has 0 atom stereocenters. The predicted octanol–water partition coefficient (Wildman–Crippen LogP) is 2.72. The second-order valence-electron chi connectivity index (χ2n) is 5.06. The van der Waals surface area contributed by atoms with Crippen molar-refractivity contribution in [2.45, 2.75) is 25.2 Å². The third-order valence-electron chi connectivity index (χ3n) is 3.13. The number of hydrogen-bond acceptors (Lipinski definition) is 3. The van der Waals surface area contributed by atoms with Gasteiger partial charge in [0.05, 0.1) is 4.90 Å². The molecule has 6 heteroatoms. The van der Waals surface area contributed by atoms with Gasteiger partial charge in [-0.3, -0.25) is 0 Å². The van der Waals surface area contributed by atoms with Crippen molar-refractivity contribution in [3.63, 3.8) is 0 Å². The number of benzene rings is 1. The van der Waals surface area contributed by atoms with Crippen molar-refractivity contribution in [2.75, 3.05) is 33.7 Å². The summed E-state index contributed by atoms with van der Waals surface area (Å²) in [5, 5.41) is 0. The molecular weight excluding hydrogens is 340 g/mol. The van der Waals surface area contributed by atoms with Gasteiger partial charge in [0.15, 0.2) is 0 Å². The predicted molar refractivity (Wildman–Crippen MR) is 86.5 cm³/mol. The van der Waals surface area contributed by atoms with Gasteiger partial charge in [-0.1, -0.05) is 28.9 Å². The van der Waals surface area contributed by atoms with Gasteiger partial charge in [-0.2, -0.15) is 4.31 Å². The van der Waals surface area contributed by atoms with Crippen LogP contribution in [0.15, 0.2) is 27.6 Å². The lowest BCUT2D eigenvalue weighted by Gasteiger charge is -2.22. The van der Waals surface area contributed by atoms with Crippen molar-refractivity contribution in [3.05, 3.63) is 28.2 Å². The molecule has 0 radical (unpaired) electrons. The zero-order valence-corrected chi connectivity index (χ0v) is 15.0. The molecule has 1 aromatic carbocycles. The Morgan fingerprint density at radius 2 is 1.85 bits per heavy atom. The molecule has 20 heavy (non-hydrogen) atoms. The Morgan fingerprint density at radius 3 is 2.40 bits per heavy atom. The number of nitrogens with zero attached hydrogens (tertiary/aromatic N) is 2. The minimum atomic E-state index is -3.42. The van der Waals surface area contributed by atoms with E-state index in [0.717, 1.165) is 23.0 Å². The molecule has 0 amide bonds. The number of hydrogen-bond donors (Lipinski definition) is 0. The minimum Gasteiger partial charge on any atom is -0.309 e. The molecule has 0 N–H and O–H groups in total. The highest BCUT2D eigenvalue weighted by molar-refractivity contribution is 9.10. The Labute approximate surface area is 130 Å². The van der Waals surface area contributed by atoms with E-state index in [1.54, 1.807) is 10.4 Å². The van der Waals surface area contributed by atoms with Gasteiger partial charge in [0.2, 0.25) is 10.0 Å². The molecule has 1 aromatic rings. The number of halogens is 1. The molecule has 0 heterocycles. The van der Waals surface area contributed by atoms with Gasteiger partial charge in [-0.05, 0) is 51.7 Å². The first kappa shape index (κ1) is 17.6. The van der Waals surface area contributed by atoms with Crippen LogP contribution < -0.4 is 0 Å². The molecule has 0 spiro atoms. The molecular formula is C14H23BrN2O2S. The van der Waals surface area contributed by atoms with Crippen LogP contribution >= 0.6 is 15.9 Å². The second kappa shape index (κ2) is 7.54. The summed E-state index contributed by atoms with van der Waals surface area (Å²) in [4.78, 5) is 2.45. The molecule has 0 aliphatic heterocycles. The van der Waals surface area contributed by atoms with E-state index in [1.807, 2.05) is 40.1 Å². The van der Waals surface area contributed by atoms with Gasteiger partial charge >= 0.3 is 0 Å². The van der Waals surface area contributed by atoms with Crippen LogP contribution in [0.4, 0.5) is 0 Å². The zero-order valence-electron chi connectivity index (χ0n) is 12.6. The maximum Gasteiger partial charge on any atom is 0.243 e. The Hall–Kier alpha value is -0.430. The molecule has 0 saturated heterocycles. The van der Waals surface area contributed by atoms with Gasteiger partial charge < -0.3 is 4.90 Å². The van der Waals surface area contributed by atoms with Crippen molar-refractivity contribution in [3.8, 4) is 0 Å².